The smallest absolute Gasteiger partial charge is 0.326 e. The van der Waals surface area contributed by atoms with Gasteiger partial charge in [-0.15, -0.1) is 0 Å². The molecule has 4 N–H and O–H groups in total. The first kappa shape index (κ1) is 23.8. The standard InChI is InChI=1S/C27H32N2O5/c1-29-16-18(19-11-5-7-13-22(19)29)15-21(27(33)34)28-26(32)24(20-12-6-8-14-23(20)30)25(31)17-9-3-2-4-10-17/h5-8,11-14,16-17,21,24-25,30-31H,2-4,9-10,15H2,1H3,(H,28,32)(H,33,34)/t21-,24+,25+/m0/s1. The van der Waals surface area contributed by atoms with Gasteiger partial charge in [-0.05, 0) is 36.5 Å². The summed E-state index contributed by atoms with van der Waals surface area (Å²) in [6.45, 7) is 0. The number of fused-ring (bicyclic) bond motifs is 1. The van der Waals surface area contributed by atoms with Crippen molar-refractivity contribution in [2.45, 2.75) is 56.6 Å². The summed E-state index contributed by atoms with van der Waals surface area (Å²) in [5, 5.41) is 35.2. The molecule has 0 bridgehead atoms. The summed E-state index contributed by atoms with van der Waals surface area (Å²) < 4.78 is 1.93. The van der Waals surface area contributed by atoms with Crippen molar-refractivity contribution in [3.8, 4) is 5.75 Å². The highest BCUT2D eigenvalue weighted by Gasteiger charge is 2.37. The van der Waals surface area contributed by atoms with Crippen LogP contribution in [0.5, 0.6) is 5.75 Å². The number of aliphatic carboxylic acids is 1. The number of carbonyl (C=O) groups is 2. The number of hydrogen-bond acceptors (Lipinski definition) is 4. The molecule has 3 atom stereocenters. The third-order valence-electron chi connectivity index (χ3n) is 7.05. The van der Waals surface area contributed by atoms with Crippen LogP contribution in [0.15, 0.2) is 54.7 Å². The van der Waals surface area contributed by atoms with Crippen LogP contribution >= 0.6 is 0 Å². The van der Waals surface area contributed by atoms with Gasteiger partial charge in [0.25, 0.3) is 0 Å². The number of aliphatic hydroxyl groups excluding tert-OH is 1. The Hall–Kier alpha value is -3.32. The zero-order chi connectivity index (χ0) is 24.2. The summed E-state index contributed by atoms with van der Waals surface area (Å²) >= 11 is 0. The van der Waals surface area contributed by atoms with Crippen molar-refractivity contribution in [3.63, 3.8) is 0 Å². The summed E-state index contributed by atoms with van der Waals surface area (Å²) in [5.74, 6) is -2.96. The van der Waals surface area contributed by atoms with E-state index in [4.69, 9.17) is 0 Å². The Balaban J connectivity index is 1.61. The van der Waals surface area contributed by atoms with Crippen LogP contribution in [0.2, 0.25) is 0 Å². The summed E-state index contributed by atoms with van der Waals surface area (Å²) in [4.78, 5) is 25.6. The minimum atomic E-state index is -1.18. The molecule has 2 aromatic carbocycles. The van der Waals surface area contributed by atoms with Gasteiger partial charge in [0.2, 0.25) is 5.91 Å². The van der Waals surface area contributed by atoms with E-state index < -0.39 is 29.9 Å². The van der Waals surface area contributed by atoms with E-state index in [9.17, 15) is 24.9 Å². The maximum Gasteiger partial charge on any atom is 0.326 e. The second kappa shape index (κ2) is 10.3. The summed E-state index contributed by atoms with van der Waals surface area (Å²) in [7, 11) is 1.90. The molecule has 7 nitrogen and oxygen atoms in total. The van der Waals surface area contributed by atoms with Gasteiger partial charge in [-0.3, -0.25) is 4.79 Å². The molecule has 1 aliphatic carbocycles. The number of phenols is 1. The molecular formula is C27H32N2O5. The second-order valence-electron chi connectivity index (χ2n) is 9.31. The van der Waals surface area contributed by atoms with E-state index in [-0.39, 0.29) is 18.1 Å². The van der Waals surface area contributed by atoms with Crippen LogP contribution in [0.25, 0.3) is 10.9 Å². The predicted octanol–water partition coefficient (Wildman–Crippen LogP) is 3.72. The maximum absolute atomic E-state index is 13.5. The number of phenolic OH excluding ortho intramolecular Hbond substituents is 1. The lowest BCUT2D eigenvalue weighted by atomic mass is 9.77. The molecule has 0 unspecified atom stereocenters. The molecule has 180 valence electrons. The molecule has 1 saturated carbocycles. The quantitative estimate of drug-likeness (QED) is 0.406. The van der Waals surface area contributed by atoms with Crippen molar-refractivity contribution in [2.24, 2.45) is 13.0 Å². The molecule has 1 fully saturated rings. The highest BCUT2D eigenvalue weighted by atomic mass is 16.4. The van der Waals surface area contributed by atoms with Crippen LogP contribution in [0.3, 0.4) is 0 Å². The molecule has 1 aromatic heterocycles. The Morgan fingerprint density at radius 2 is 1.74 bits per heavy atom. The molecule has 1 heterocycles. The number of aromatic hydroxyl groups is 1. The van der Waals surface area contributed by atoms with E-state index in [0.717, 1.165) is 48.6 Å². The Morgan fingerprint density at radius 1 is 1.06 bits per heavy atom. The van der Waals surface area contributed by atoms with E-state index in [2.05, 4.69) is 5.32 Å². The van der Waals surface area contributed by atoms with Crippen molar-refractivity contribution < 1.29 is 24.9 Å². The van der Waals surface area contributed by atoms with Crippen LogP contribution in [0, 0.1) is 5.92 Å². The summed E-state index contributed by atoms with van der Waals surface area (Å²) in [6.07, 6.45) is 5.64. The summed E-state index contributed by atoms with van der Waals surface area (Å²) in [6, 6.07) is 13.0. The number of aryl methyl sites for hydroxylation is 1. The Bertz CT molecular complexity index is 1160. The molecule has 4 rings (SSSR count). The molecule has 0 saturated heterocycles. The van der Waals surface area contributed by atoms with Gasteiger partial charge in [-0.25, -0.2) is 4.79 Å². The second-order valence-corrected chi connectivity index (χ2v) is 9.31. The molecule has 1 amide bonds. The molecule has 0 spiro atoms. The third kappa shape index (κ3) is 4.94. The fourth-order valence-electron chi connectivity index (χ4n) is 5.25. The third-order valence-corrected chi connectivity index (χ3v) is 7.05. The van der Waals surface area contributed by atoms with Gasteiger partial charge >= 0.3 is 5.97 Å². The van der Waals surface area contributed by atoms with E-state index >= 15 is 0 Å². The lowest BCUT2D eigenvalue weighted by molar-refractivity contribution is -0.142. The SMILES string of the molecule is Cn1cc(C[C@H](NC(=O)[C@H](c2ccccc2O)[C@H](O)C2CCCCC2)C(=O)O)c2ccccc21. The van der Waals surface area contributed by atoms with Crippen LogP contribution in [0.4, 0.5) is 0 Å². The van der Waals surface area contributed by atoms with Gasteiger partial charge in [0.15, 0.2) is 0 Å². The number of amides is 1. The highest BCUT2D eigenvalue weighted by molar-refractivity contribution is 5.90. The predicted molar refractivity (Wildman–Crippen MR) is 130 cm³/mol. The molecular weight excluding hydrogens is 432 g/mol. The number of para-hydroxylation sites is 2. The molecule has 7 heteroatoms. The van der Waals surface area contributed by atoms with Gasteiger partial charge < -0.3 is 25.2 Å². The number of carbonyl (C=O) groups excluding carboxylic acids is 1. The maximum atomic E-state index is 13.5. The van der Waals surface area contributed by atoms with Crippen LogP contribution in [0.1, 0.15) is 49.1 Å². The molecule has 0 aliphatic heterocycles. The number of carboxylic acids is 1. The minimum Gasteiger partial charge on any atom is -0.508 e. The first-order chi connectivity index (χ1) is 16.4. The van der Waals surface area contributed by atoms with E-state index in [1.807, 2.05) is 42.1 Å². The normalized spacial score (nSPS) is 17.2. The zero-order valence-electron chi connectivity index (χ0n) is 19.4. The number of carboxylic acid groups (broad SMARTS) is 1. The number of nitrogens with zero attached hydrogens (tertiary/aromatic N) is 1. The number of aliphatic hydroxyl groups is 1. The number of rotatable bonds is 8. The van der Waals surface area contributed by atoms with E-state index in [0.29, 0.717) is 5.56 Å². The number of aromatic nitrogens is 1. The summed E-state index contributed by atoms with van der Waals surface area (Å²) in [5.41, 5.74) is 2.11. The van der Waals surface area contributed by atoms with Crippen molar-refractivity contribution in [1.29, 1.82) is 0 Å². The number of hydrogen-bond donors (Lipinski definition) is 4. The first-order valence-electron chi connectivity index (χ1n) is 11.9. The van der Waals surface area contributed by atoms with Crippen LogP contribution in [-0.2, 0) is 23.1 Å². The molecule has 3 aromatic rings. The average molecular weight is 465 g/mol. The molecule has 0 radical (unpaired) electrons. The van der Waals surface area contributed by atoms with Crippen molar-refractivity contribution in [3.05, 3.63) is 65.9 Å². The van der Waals surface area contributed by atoms with E-state index in [1.165, 1.54) is 6.07 Å². The van der Waals surface area contributed by atoms with E-state index in [1.54, 1.807) is 18.2 Å². The number of nitrogens with one attached hydrogen (secondary N) is 1. The lowest BCUT2D eigenvalue weighted by Crippen LogP contribution is -2.47. The van der Waals surface area contributed by atoms with Gasteiger partial charge in [-0.1, -0.05) is 55.7 Å². The monoisotopic (exact) mass is 464 g/mol. The Kier molecular flexibility index (Phi) is 7.22. The molecule has 1 aliphatic rings. The van der Waals surface area contributed by atoms with Crippen molar-refractivity contribution in [2.75, 3.05) is 0 Å². The fraction of sp³-hybridized carbons (Fsp3) is 0.407. The van der Waals surface area contributed by atoms with Crippen molar-refractivity contribution >= 4 is 22.8 Å². The minimum absolute atomic E-state index is 0.0783. The largest absolute Gasteiger partial charge is 0.508 e. The van der Waals surface area contributed by atoms with Gasteiger partial charge in [0, 0.05) is 36.1 Å². The Morgan fingerprint density at radius 3 is 2.44 bits per heavy atom. The van der Waals surface area contributed by atoms with Gasteiger partial charge in [-0.2, -0.15) is 0 Å². The van der Waals surface area contributed by atoms with Crippen LogP contribution < -0.4 is 5.32 Å². The average Bonchev–Trinajstić information content (AvgIpc) is 3.16. The fourth-order valence-corrected chi connectivity index (χ4v) is 5.25. The Labute approximate surface area is 199 Å². The van der Waals surface area contributed by atoms with Crippen molar-refractivity contribution in [1.82, 2.24) is 9.88 Å². The number of benzene rings is 2. The zero-order valence-corrected chi connectivity index (χ0v) is 19.4. The van der Waals surface area contributed by atoms with Crippen LogP contribution in [-0.4, -0.2) is 43.9 Å². The topological polar surface area (TPSA) is 112 Å². The van der Waals surface area contributed by atoms with Gasteiger partial charge in [0.1, 0.15) is 11.8 Å². The first-order valence-corrected chi connectivity index (χ1v) is 11.9. The highest BCUT2D eigenvalue weighted by Crippen LogP contribution is 2.36. The van der Waals surface area contributed by atoms with Gasteiger partial charge in [0.05, 0.1) is 12.0 Å². The lowest BCUT2D eigenvalue weighted by Gasteiger charge is -2.32. The molecule has 34 heavy (non-hydrogen) atoms.